The monoisotopic (exact) mass is 175 g/mol. The van der Waals surface area contributed by atoms with E-state index in [0.29, 0.717) is 0 Å². The molecule has 1 rings (SSSR count). The summed E-state index contributed by atoms with van der Waals surface area (Å²) in [5.74, 6) is 0. The van der Waals surface area contributed by atoms with Gasteiger partial charge in [0.1, 0.15) is 0 Å². The van der Waals surface area contributed by atoms with E-state index in [1.807, 2.05) is 26.0 Å². The first-order valence-corrected chi connectivity index (χ1v) is 4.09. The van der Waals surface area contributed by atoms with E-state index in [-0.39, 0.29) is 0 Å². The van der Waals surface area contributed by atoms with Gasteiger partial charge in [0.15, 0.2) is 0 Å². The van der Waals surface area contributed by atoms with E-state index in [1.54, 1.807) is 0 Å². The van der Waals surface area contributed by atoms with Gasteiger partial charge in [0.25, 0.3) is 0 Å². The predicted molar refractivity (Wildman–Crippen MR) is 56.8 cm³/mol. The van der Waals surface area contributed by atoms with Crippen LogP contribution in [0.4, 0.5) is 5.69 Å². The smallest absolute Gasteiger partial charge is 0.0648 e. The molecule has 0 bridgehead atoms. The van der Waals surface area contributed by atoms with Gasteiger partial charge in [0.2, 0.25) is 0 Å². The van der Waals surface area contributed by atoms with Gasteiger partial charge in [-0.05, 0) is 31.0 Å². The average molecular weight is 175 g/mol. The third-order valence-corrected chi connectivity index (χ3v) is 1.73. The summed E-state index contributed by atoms with van der Waals surface area (Å²) in [5.41, 5.74) is 6.20. The van der Waals surface area contributed by atoms with E-state index in [0.717, 1.165) is 17.5 Å². The lowest BCUT2D eigenvalue weighted by Crippen LogP contribution is -1.92. The summed E-state index contributed by atoms with van der Waals surface area (Å²) in [7, 11) is 0. The van der Waals surface area contributed by atoms with Gasteiger partial charge >= 0.3 is 0 Å². The third kappa shape index (κ3) is 2.71. The summed E-state index contributed by atoms with van der Waals surface area (Å²) in [5, 5.41) is 10.6. The molecule has 0 aromatic heterocycles. The Morgan fingerprint density at radius 2 is 2.15 bits per heavy atom. The molecule has 0 saturated carbocycles. The van der Waals surface area contributed by atoms with Gasteiger partial charge in [0.05, 0.1) is 11.9 Å². The number of nitrogens with one attached hydrogen (secondary N) is 2. The van der Waals surface area contributed by atoms with Crippen molar-refractivity contribution in [2.24, 2.45) is 5.10 Å². The maximum atomic E-state index is 6.75. The highest BCUT2D eigenvalue weighted by Crippen LogP contribution is 2.15. The molecule has 13 heavy (non-hydrogen) atoms. The van der Waals surface area contributed by atoms with Crippen LogP contribution in [0, 0.1) is 19.3 Å². The van der Waals surface area contributed by atoms with Crippen molar-refractivity contribution in [3.05, 3.63) is 29.3 Å². The van der Waals surface area contributed by atoms with Gasteiger partial charge in [-0.1, -0.05) is 12.1 Å². The van der Waals surface area contributed by atoms with Crippen LogP contribution in [0.5, 0.6) is 0 Å². The molecular weight excluding hydrogens is 162 g/mol. The van der Waals surface area contributed by atoms with E-state index in [2.05, 4.69) is 16.6 Å². The summed E-state index contributed by atoms with van der Waals surface area (Å²) < 4.78 is 0. The zero-order chi connectivity index (χ0) is 9.68. The minimum Gasteiger partial charge on any atom is -0.307 e. The van der Waals surface area contributed by atoms with E-state index >= 15 is 0 Å². The molecule has 0 unspecified atom stereocenters. The molecule has 1 aromatic rings. The number of rotatable bonds is 3. The molecular formula is C10H13N3. The van der Waals surface area contributed by atoms with Gasteiger partial charge in [-0.2, -0.15) is 5.10 Å². The molecule has 0 amide bonds. The molecule has 1 aromatic carbocycles. The minimum atomic E-state index is 0.984. The molecule has 2 N–H and O–H groups in total. The van der Waals surface area contributed by atoms with Crippen molar-refractivity contribution in [3.63, 3.8) is 0 Å². The van der Waals surface area contributed by atoms with Crippen LogP contribution in [0.2, 0.25) is 0 Å². The average Bonchev–Trinajstić information content (AvgIpc) is 2.11. The Kier molecular flexibility index (Phi) is 3.20. The van der Waals surface area contributed by atoms with Crippen LogP contribution in [0.15, 0.2) is 23.3 Å². The second-order valence-corrected chi connectivity index (χ2v) is 2.88. The molecule has 3 nitrogen and oxygen atoms in total. The highest BCUT2D eigenvalue weighted by molar-refractivity contribution is 6.14. The van der Waals surface area contributed by atoms with E-state index in [4.69, 9.17) is 5.41 Å². The largest absolute Gasteiger partial charge is 0.307 e. The Labute approximate surface area is 78.0 Å². The first kappa shape index (κ1) is 9.45. The second-order valence-electron chi connectivity index (χ2n) is 2.88. The van der Waals surface area contributed by atoms with Crippen molar-refractivity contribution in [3.8, 4) is 0 Å². The summed E-state index contributed by atoms with van der Waals surface area (Å²) >= 11 is 0. The van der Waals surface area contributed by atoms with Gasteiger partial charge in [-0.15, -0.1) is 0 Å². The molecule has 0 fully saturated rings. The van der Waals surface area contributed by atoms with Crippen molar-refractivity contribution < 1.29 is 0 Å². The van der Waals surface area contributed by atoms with Gasteiger partial charge in [0, 0.05) is 6.21 Å². The summed E-state index contributed by atoms with van der Waals surface area (Å²) in [6, 6.07) is 6.12. The lowest BCUT2D eigenvalue weighted by Gasteiger charge is -2.04. The quantitative estimate of drug-likeness (QED) is 0.537. The zero-order valence-electron chi connectivity index (χ0n) is 7.83. The number of anilines is 1. The fourth-order valence-corrected chi connectivity index (χ4v) is 1.00. The first-order valence-electron chi connectivity index (χ1n) is 4.09. The number of hydrogen-bond donors (Lipinski definition) is 2. The number of nitrogens with zero attached hydrogens (tertiary/aromatic N) is 1. The Balaban J connectivity index is 2.81. The van der Waals surface area contributed by atoms with Gasteiger partial charge in [-0.3, -0.25) is 5.43 Å². The molecule has 0 heterocycles. The molecule has 0 aliphatic heterocycles. The Hall–Kier alpha value is -1.64. The number of hydrazone groups is 1. The van der Waals surface area contributed by atoms with Gasteiger partial charge in [-0.25, -0.2) is 0 Å². The van der Waals surface area contributed by atoms with Crippen LogP contribution in [0.3, 0.4) is 0 Å². The first-order chi connectivity index (χ1) is 6.24. The zero-order valence-corrected chi connectivity index (χ0v) is 7.83. The molecule has 68 valence electrons. The summed E-state index contributed by atoms with van der Waals surface area (Å²) in [4.78, 5) is 0. The van der Waals surface area contributed by atoms with Crippen molar-refractivity contribution >= 4 is 18.1 Å². The van der Waals surface area contributed by atoms with E-state index < -0.39 is 0 Å². The SMILES string of the molecule is Cc1ccc(C)c(NN=CC=N)c1. The van der Waals surface area contributed by atoms with Crippen LogP contribution in [-0.2, 0) is 0 Å². The van der Waals surface area contributed by atoms with Crippen molar-refractivity contribution in [1.82, 2.24) is 0 Å². The normalized spacial score (nSPS) is 10.3. The number of aryl methyl sites for hydroxylation is 2. The maximum Gasteiger partial charge on any atom is 0.0648 e. The standard InChI is InChI=1S/C10H13N3/c1-8-3-4-9(2)10(7-8)13-12-6-5-11/h3-7,11,13H,1-2H3. The molecule has 0 atom stereocenters. The van der Waals surface area contributed by atoms with Crippen molar-refractivity contribution in [1.29, 1.82) is 5.41 Å². The molecule has 0 aliphatic rings. The lowest BCUT2D eigenvalue weighted by atomic mass is 10.1. The fourth-order valence-electron chi connectivity index (χ4n) is 1.00. The third-order valence-electron chi connectivity index (χ3n) is 1.73. The van der Waals surface area contributed by atoms with E-state index in [1.165, 1.54) is 11.8 Å². The Morgan fingerprint density at radius 3 is 2.85 bits per heavy atom. The van der Waals surface area contributed by atoms with Crippen LogP contribution in [0.25, 0.3) is 0 Å². The lowest BCUT2D eigenvalue weighted by molar-refractivity contribution is 1.29. The van der Waals surface area contributed by atoms with E-state index in [9.17, 15) is 0 Å². The van der Waals surface area contributed by atoms with Crippen LogP contribution < -0.4 is 5.43 Å². The minimum absolute atomic E-state index is 0.984. The molecule has 0 spiro atoms. The Bertz CT molecular complexity index is 329. The fraction of sp³-hybridized carbons (Fsp3) is 0.200. The second kappa shape index (κ2) is 4.40. The number of hydrogen-bond acceptors (Lipinski definition) is 3. The topological polar surface area (TPSA) is 48.2 Å². The van der Waals surface area contributed by atoms with Crippen LogP contribution in [-0.4, -0.2) is 12.4 Å². The highest BCUT2D eigenvalue weighted by atomic mass is 15.3. The molecule has 0 saturated heterocycles. The van der Waals surface area contributed by atoms with Crippen LogP contribution in [0.1, 0.15) is 11.1 Å². The maximum absolute atomic E-state index is 6.75. The van der Waals surface area contributed by atoms with Crippen molar-refractivity contribution in [2.75, 3.05) is 5.43 Å². The number of benzene rings is 1. The molecule has 0 aliphatic carbocycles. The van der Waals surface area contributed by atoms with Crippen LogP contribution >= 0.6 is 0 Å². The summed E-state index contributed by atoms with van der Waals surface area (Å²) in [6.45, 7) is 4.05. The Morgan fingerprint density at radius 1 is 1.38 bits per heavy atom. The predicted octanol–water partition coefficient (Wildman–Crippen LogP) is 2.35. The molecule has 3 heteroatoms. The van der Waals surface area contributed by atoms with Crippen molar-refractivity contribution in [2.45, 2.75) is 13.8 Å². The molecule has 0 radical (unpaired) electrons. The van der Waals surface area contributed by atoms with Gasteiger partial charge < -0.3 is 5.41 Å². The highest BCUT2D eigenvalue weighted by Gasteiger charge is 1.95. The summed E-state index contributed by atoms with van der Waals surface area (Å²) in [6.07, 6.45) is 2.54.